The van der Waals surface area contributed by atoms with Crippen molar-refractivity contribution >= 4 is 196 Å². The third kappa shape index (κ3) is 8.62. The molecule has 10 nitrogen and oxygen atoms in total. The Bertz CT molecular complexity index is 8790. The molecule has 8 aromatic heterocycles. The van der Waals surface area contributed by atoms with Crippen molar-refractivity contribution < 1.29 is 8.83 Å². The van der Waals surface area contributed by atoms with E-state index in [0.717, 1.165) is 193 Å². The summed E-state index contributed by atoms with van der Waals surface area (Å²) >= 11 is 0. The third-order valence-corrected chi connectivity index (χ3v) is 24.3. The van der Waals surface area contributed by atoms with Gasteiger partial charge in [-0.1, -0.05) is 237 Å². The zero-order valence-corrected chi connectivity index (χ0v) is 60.9. The molecular weight excluding hydrogens is 1390 g/mol. The SMILES string of the molecule is c1ccc2cc3c(cc2c1)c1ccccc1n3-c1ccc2c3c4ccc(-c5cc(-c6nc(-n7c8cc(-n9c%10ccccc%10c%10ccc%11ccccc%11c%109)ccc8c8c9ccccc9ccc87)nc7ccccc67)c6c(c5)oc5ccccc56)cc4ccc3n(-c3nc4ccccc4nc3-c3cccc4oc5ccccc5c34)c2c1. The first-order valence-corrected chi connectivity index (χ1v) is 38.7. The quantitative estimate of drug-likeness (QED) is 0.158. The Morgan fingerprint density at radius 1 is 0.211 bits per heavy atom. The van der Waals surface area contributed by atoms with Crippen LogP contribution in [0.15, 0.2) is 361 Å². The molecule has 526 valence electrons. The minimum absolute atomic E-state index is 0.564. The van der Waals surface area contributed by atoms with Crippen LogP contribution in [0.5, 0.6) is 0 Å². The molecule has 0 unspecified atom stereocenters. The Hall–Kier alpha value is -15.5. The average molecular weight is 1450 g/mol. The van der Waals surface area contributed by atoms with E-state index in [0.29, 0.717) is 11.8 Å². The van der Waals surface area contributed by atoms with Gasteiger partial charge in [0.05, 0.1) is 66.4 Å². The van der Waals surface area contributed by atoms with E-state index in [9.17, 15) is 0 Å². The number of para-hydroxylation sites is 7. The van der Waals surface area contributed by atoms with Gasteiger partial charge in [0.2, 0.25) is 5.95 Å². The maximum atomic E-state index is 7.06. The van der Waals surface area contributed by atoms with E-state index in [4.69, 9.17) is 28.8 Å². The van der Waals surface area contributed by atoms with Crippen LogP contribution >= 0.6 is 0 Å². The molecule has 26 rings (SSSR count). The second-order valence-electron chi connectivity index (χ2n) is 30.3. The Kier molecular flexibility index (Phi) is 12.4. The molecule has 8 heterocycles. The van der Waals surface area contributed by atoms with Crippen molar-refractivity contribution in [2.75, 3.05) is 0 Å². The first-order valence-electron chi connectivity index (χ1n) is 38.7. The predicted molar refractivity (Wildman–Crippen MR) is 471 cm³/mol. The van der Waals surface area contributed by atoms with E-state index in [1.54, 1.807) is 0 Å². The summed E-state index contributed by atoms with van der Waals surface area (Å²) in [7, 11) is 0. The van der Waals surface area contributed by atoms with Gasteiger partial charge in [-0.3, -0.25) is 9.13 Å². The van der Waals surface area contributed by atoms with Crippen LogP contribution in [0.2, 0.25) is 0 Å². The highest BCUT2D eigenvalue weighted by atomic mass is 16.3. The van der Waals surface area contributed by atoms with Crippen molar-refractivity contribution in [3.05, 3.63) is 352 Å². The molecule has 0 spiro atoms. The van der Waals surface area contributed by atoms with Crippen LogP contribution in [-0.4, -0.2) is 38.2 Å². The Balaban J connectivity index is 0.703. The lowest BCUT2D eigenvalue weighted by Crippen LogP contribution is -2.04. The molecule has 0 radical (unpaired) electrons. The number of nitrogens with zero attached hydrogens (tertiary/aromatic N) is 8. The lowest BCUT2D eigenvalue weighted by molar-refractivity contribution is 0.668. The lowest BCUT2D eigenvalue weighted by Gasteiger charge is -2.15. The van der Waals surface area contributed by atoms with E-state index in [-0.39, 0.29) is 0 Å². The average Bonchev–Trinajstić information content (AvgIpc) is 1.55. The first kappa shape index (κ1) is 61.4. The summed E-state index contributed by atoms with van der Waals surface area (Å²) in [4.78, 5) is 23.0. The first-order chi connectivity index (χ1) is 56.5. The fourth-order valence-corrected chi connectivity index (χ4v) is 19.3. The fourth-order valence-electron chi connectivity index (χ4n) is 19.3. The maximum Gasteiger partial charge on any atom is 0.235 e. The van der Waals surface area contributed by atoms with Gasteiger partial charge in [0.15, 0.2) is 5.82 Å². The second-order valence-corrected chi connectivity index (χ2v) is 30.3. The molecule has 0 bridgehead atoms. The molecule has 0 saturated carbocycles. The number of hydrogen-bond donors (Lipinski definition) is 0. The van der Waals surface area contributed by atoms with Gasteiger partial charge in [0, 0.05) is 97.9 Å². The molecule has 0 saturated heterocycles. The molecule has 0 aliphatic heterocycles. The molecule has 0 N–H and O–H groups in total. The molecule has 0 fully saturated rings. The van der Waals surface area contributed by atoms with Crippen molar-refractivity contribution in [2.45, 2.75) is 0 Å². The van der Waals surface area contributed by atoms with Gasteiger partial charge >= 0.3 is 0 Å². The second kappa shape index (κ2) is 23.0. The van der Waals surface area contributed by atoms with Gasteiger partial charge in [-0.05, 0) is 164 Å². The van der Waals surface area contributed by atoms with Crippen LogP contribution in [0.3, 0.4) is 0 Å². The summed E-state index contributed by atoms with van der Waals surface area (Å²) in [6.07, 6.45) is 0. The number of hydrogen-bond acceptors (Lipinski definition) is 6. The molecule has 0 aliphatic carbocycles. The van der Waals surface area contributed by atoms with Gasteiger partial charge in [0.1, 0.15) is 28.0 Å². The largest absolute Gasteiger partial charge is 0.456 e. The van der Waals surface area contributed by atoms with Crippen molar-refractivity contribution in [3.8, 4) is 56.8 Å². The van der Waals surface area contributed by atoms with Crippen LogP contribution < -0.4 is 0 Å². The highest BCUT2D eigenvalue weighted by molar-refractivity contribution is 6.26. The molecule has 0 amide bonds. The van der Waals surface area contributed by atoms with Crippen LogP contribution in [0.1, 0.15) is 0 Å². The van der Waals surface area contributed by atoms with Gasteiger partial charge in [-0.25, -0.2) is 19.9 Å². The van der Waals surface area contributed by atoms with E-state index >= 15 is 0 Å². The van der Waals surface area contributed by atoms with Crippen LogP contribution in [-0.2, 0) is 0 Å². The minimum atomic E-state index is 0.564. The zero-order chi connectivity index (χ0) is 74.1. The molecule has 10 heteroatoms. The van der Waals surface area contributed by atoms with Gasteiger partial charge in [0.25, 0.3) is 0 Å². The number of rotatable bonds is 7. The summed E-state index contributed by atoms with van der Waals surface area (Å²) in [6, 6.07) is 127. The Morgan fingerprint density at radius 2 is 0.728 bits per heavy atom. The monoisotopic (exact) mass is 1450 g/mol. The van der Waals surface area contributed by atoms with Crippen molar-refractivity contribution in [1.29, 1.82) is 0 Å². The standard InChI is InChI=1S/C104H58N8O2/c1-2-23-62-55-89-80(53-61(62)22-1)72-27-9-15-35-85(72)109(89)66-44-48-75-90(57-66)111(103-101(105-83-33-13-14-34-84(83)106-103)79-31-19-39-94-98(79)77-29-10-17-37-92(77)113-94)87-51-43-64-52-63(41-46-69(64)97(75)87)65-54-81(99-78-30-11-18-38-93(78)114-95(99)56-65)100-74-28-7-12-32-82(74)107-104(108-100)112-88-50-42-59-20-3-5-24-68(59)96(88)76-49-45-67(58-91(76)112)110-86-36-16-8-26-71(86)73-47-40-60-21-4-6-25-70(60)102(73)110/h1-58H. The zero-order valence-electron chi connectivity index (χ0n) is 60.9. The molecule has 114 heavy (non-hydrogen) atoms. The molecule has 26 aromatic rings. The molecule has 18 aromatic carbocycles. The lowest BCUT2D eigenvalue weighted by atomic mass is 9.93. The van der Waals surface area contributed by atoms with E-state index in [1.165, 1.54) is 48.6 Å². The predicted octanol–water partition coefficient (Wildman–Crippen LogP) is 27.4. The van der Waals surface area contributed by atoms with Gasteiger partial charge in [-0.15, -0.1) is 0 Å². The number of aromatic nitrogens is 8. The summed E-state index contributed by atoms with van der Waals surface area (Å²) in [6.45, 7) is 0. The fraction of sp³-hybridized carbons (Fsp3) is 0. The molecular formula is C104H58N8O2. The van der Waals surface area contributed by atoms with E-state index < -0.39 is 0 Å². The number of fused-ring (bicyclic) bond motifs is 27. The summed E-state index contributed by atoms with van der Waals surface area (Å²) in [5.41, 5.74) is 21.6. The van der Waals surface area contributed by atoms with E-state index in [2.05, 4.69) is 346 Å². The summed E-state index contributed by atoms with van der Waals surface area (Å²) < 4.78 is 23.2. The highest BCUT2D eigenvalue weighted by Gasteiger charge is 2.28. The minimum Gasteiger partial charge on any atom is -0.456 e. The summed E-state index contributed by atoms with van der Waals surface area (Å²) in [5, 5.41) is 23.4. The van der Waals surface area contributed by atoms with Crippen LogP contribution in [0, 0.1) is 0 Å². The third-order valence-electron chi connectivity index (χ3n) is 24.3. The van der Waals surface area contributed by atoms with Crippen LogP contribution in [0.25, 0.3) is 253 Å². The smallest absolute Gasteiger partial charge is 0.235 e. The number of benzene rings is 18. The molecule has 0 aliphatic rings. The highest BCUT2D eigenvalue weighted by Crippen LogP contribution is 2.49. The Labute approximate surface area is 647 Å². The topological polar surface area (TPSA) is 97.6 Å². The van der Waals surface area contributed by atoms with Crippen molar-refractivity contribution in [3.63, 3.8) is 0 Å². The van der Waals surface area contributed by atoms with Crippen LogP contribution in [0.4, 0.5) is 0 Å². The Morgan fingerprint density at radius 3 is 1.48 bits per heavy atom. The maximum absolute atomic E-state index is 7.06. The van der Waals surface area contributed by atoms with Crippen molar-refractivity contribution in [2.24, 2.45) is 0 Å². The van der Waals surface area contributed by atoms with Crippen molar-refractivity contribution in [1.82, 2.24) is 38.2 Å². The van der Waals surface area contributed by atoms with Gasteiger partial charge in [-0.2, -0.15) is 0 Å². The normalized spacial score (nSPS) is 12.4. The van der Waals surface area contributed by atoms with Gasteiger partial charge < -0.3 is 18.0 Å². The molecule has 0 atom stereocenters. The number of furan rings is 2. The van der Waals surface area contributed by atoms with E-state index in [1.807, 2.05) is 24.3 Å². The summed E-state index contributed by atoms with van der Waals surface area (Å²) in [5.74, 6) is 1.28.